The summed E-state index contributed by atoms with van der Waals surface area (Å²) in [5, 5.41) is 4.01. The summed E-state index contributed by atoms with van der Waals surface area (Å²) in [5.74, 6) is 0.955. The van der Waals surface area contributed by atoms with Gasteiger partial charge < -0.3 is 15.0 Å². The number of anilines is 2. The highest BCUT2D eigenvalue weighted by Crippen LogP contribution is 2.38. The lowest BCUT2D eigenvalue weighted by Crippen LogP contribution is -2.40. The number of aromatic amines is 1. The molecule has 8 heteroatoms. The van der Waals surface area contributed by atoms with E-state index in [0.29, 0.717) is 25.2 Å². The number of carbonyl (C=O) groups excluding carboxylic acids is 1. The quantitative estimate of drug-likeness (QED) is 0.146. The van der Waals surface area contributed by atoms with Gasteiger partial charge in [0, 0.05) is 30.0 Å². The summed E-state index contributed by atoms with van der Waals surface area (Å²) in [7, 11) is 0. The van der Waals surface area contributed by atoms with Crippen LogP contribution in [0.4, 0.5) is 16.2 Å². The van der Waals surface area contributed by atoms with E-state index in [0.717, 1.165) is 50.3 Å². The Morgan fingerprint density at radius 2 is 1.53 bits per heavy atom. The summed E-state index contributed by atoms with van der Waals surface area (Å²) in [6.45, 7) is 9.18. The number of amides is 2. The Kier molecular flexibility index (Phi) is 10.1. The highest BCUT2D eigenvalue weighted by atomic mass is 16.5. The van der Waals surface area contributed by atoms with E-state index in [4.69, 9.17) is 4.74 Å². The molecule has 2 amide bonds. The van der Waals surface area contributed by atoms with Crippen molar-refractivity contribution in [2.24, 2.45) is 0 Å². The maximum Gasteiger partial charge on any atom is 0.326 e. The first-order valence-corrected chi connectivity index (χ1v) is 16.7. The van der Waals surface area contributed by atoms with Crippen LogP contribution in [0.3, 0.4) is 0 Å². The summed E-state index contributed by atoms with van der Waals surface area (Å²) in [6, 6.07) is 33.1. The number of carbonyl (C=O) groups is 1. The van der Waals surface area contributed by atoms with Gasteiger partial charge >= 0.3 is 6.03 Å². The minimum Gasteiger partial charge on any atom is -0.487 e. The van der Waals surface area contributed by atoms with Crippen molar-refractivity contribution in [3.05, 3.63) is 148 Å². The molecule has 0 radical (unpaired) electrons. The van der Waals surface area contributed by atoms with E-state index in [-0.39, 0.29) is 29.1 Å². The molecular weight excluding hydrogens is 610 g/mol. The number of pyridine rings is 3. The van der Waals surface area contributed by atoms with Crippen molar-refractivity contribution in [2.75, 3.05) is 16.8 Å². The number of H-pyrrole nitrogens is 1. The second-order valence-corrected chi connectivity index (χ2v) is 12.7. The molecular formula is C41H41N5O3. The van der Waals surface area contributed by atoms with Crippen LogP contribution in [0.1, 0.15) is 61.9 Å². The van der Waals surface area contributed by atoms with E-state index in [1.54, 1.807) is 23.4 Å². The summed E-state index contributed by atoms with van der Waals surface area (Å²) in [4.78, 5) is 40.9. The molecule has 0 saturated carbocycles. The van der Waals surface area contributed by atoms with Gasteiger partial charge in [0.2, 0.25) is 0 Å². The number of nitrogens with zero attached hydrogens (tertiary/aromatic N) is 3. The lowest BCUT2D eigenvalue weighted by atomic mass is 9.88. The number of ether oxygens (including phenoxy) is 1. The molecule has 0 spiro atoms. The SMILES string of the molecule is CC(C)c1cc(-c2cccc(OCc3ccccn3)c2)cc(C(C)C)c1NC(=O)N(CCc1ccccc1)c1cc2cccnc2[nH]c1=O. The van der Waals surface area contributed by atoms with Crippen molar-refractivity contribution in [1.82, 2.24) is 15.0 Å². The number of fused-ring (bicyclic) bond motifs is 1. The number of hydrogen-bond donors (Lipinski definition) is 2. The van der Waals surface area contributed by atoms with Gasteiger partial charge in [-0.05, 0) is 101 Å². The van der Waals surface area contributed by atoms with Crippen LogP contribution < -0.4 is 20.5 Å². The molecule has 0 saturated heterocycles. The van der Waals surface area contributed by atoms with Gasteiger partial charge in [0.15, 0.2) is 0 Å². The molecule has 2 N–H and O–H groups in total. The molecule has 3 heterocycles. The minimum atomic E-state index is -0.372. The zero-order chi connectivity index (χ0) is 34.3. The molecule has 0 unspecified atom stereocenters. The molecule has 6 rings (SSSR count). The van der Waals surface area contributed by atoms with Crippen LogP contribution in [0.5, 0.6) is 5.75 Å². The van der Waals surface area contributed by atoms with Gasteiger partial charge in [0.05, 0.1) is 5.69 Å². The first-order valence-electron chi connectivity index (χ1n) is 16.7. The largest absolute Gasteiger partial charge is 0.487 e. The molecule has 0 aliphatic carbocycles. The lowest BCUT2D eigenvalue weighted by molar-refractivity contribution is 0.257. The predicted octanol–water partition coefficient (Wildman–Crippen LogP) is 9.09. The fraction of sp³-hybridized carbons (Fsp3) is 0.220. The van der Waals surface area contributed by atoms with E-state index >= 15 is 0 Å². The fourth-order valence-electron chi connectivity index (χ4n) is 5.93. The van der Waals surface area contributed by atoms with E-state index in [2.05, 4.69) is 66.2 Å². The zero-order valence-electron chi connectivity index (χ0n) is 28.3. The smallest absolute Gasteiger partial charge is 0.326 e. The molecule has 3 aromatic heterocycles. The average molecular weight is 652 g/mol. The van der Waals surface area contributed by atoms with Crippen LogP contribution in [-0.2, 0) is 13.0 Å². The predicted molar refractivity (Wildman–Crippen MR) is 197 cm³/mol. The molecule has 0 atom stereocenters. The van der Waals surface area contributed by atoms with Crippen molar-refractivity contribution in [1.29, 1.82) is 0 Å². The zero-order valence-corrected chi connectivity index (χ0v) is 28.3. The second kappa shape index (κ2) is 15.0. The third-order valence-electron chi connectivity index (χ3n) is 8.55. The minimum absolute atomic E-state index is 0.101. The summed E-state index contributed by atoms with van der Waals surface area (Å²) in [6.07, 6.45) is 3.97. The summed E-state index contributed by atoms with van der Waals surface area (Å²) in [5.41, 5.74) is 7.14. The maximum absolute atomic E-state index is 14.4. The van der Waals surface area contributed by atoms with E-state index in [1.807, 2.05) is 78.9 Å². The molecule has 0 aliphatic rings. The summed E-state index contributed by atoms with van der Waals surface area (Å²) >= 11 is 0. The van der Waals surface area contributed by atoms with Gasteiger partial charge in [-0.1, -0.05) is 76.2 Å². The van der Waals surface area contributed by atoms with Gasteiger partial charge in [0.1, 0.15) is 23.7 Å². The number of benzene rings is 3. The van der Waals surface area contributed by atoms with Gasteiger partial charge in [-0.15, -0.1) is 0 Å². The van der Waals surface area contributed by atoms with Crippen molar-refractivity contribution < 1.29 is 9.53 Å². The Labute approximate surface area is 286 Å². The number of hydrogen-bond acceptors (Lipinski definition) is 5. The standard InChI is InChI=1S/C41H41N5O3/c1-27(2)35-23-32(30-14-10-17-34(22-30)49-26-33-16-8-9-19-42-33)24-36(28(3)4)38(35)44-41(48)46(21-18-29-12-6-5-7-13-29)37-25-31-15-11-20-43-39(31)45-40(37)47/h5-17,19-20,22-25,27-28H,18,21,26H2,1-4H3,(H,44,48)(H,43,45,47). The number of aromatic nitrogens is 3. The topological polar surface area (TPSA) is 100 Å². The highest BCUT2D eigenvalue weighted by Gasteiger charge is 2.24. The Morgan fingerprint density at radius 1 is 0.796 bits per heavy atom. The van der Waals surface area contributed by atoms with Gasteiger partial charge in [-0.2, -0.15) is 0 Å². The van der Waals surface area contributed by atoms with Crippen molar-refractivity contribution in [3.8, 4) is 16.9 Å². The van der Waals surface area contributed by atoms with Crippen LogP contribution in [0.2, 0.25) is 0 Å². The first-order chi connectivity index (χ1) is 23.8. The summed E-state index contributed by atoms with van der Waals surface area (Å²) < 4.78 is 6.09. The Bertz CT molecular complexity index is 2080. The Hall–Kier alpha value is -5.76. The van der Waals surface area contributed by atoms with Crippen molar-refractivity contribution in [2.45, 2.75) is 52.6 Å². The molecule has 0 aliphatic heterocycles. The van der Waals surface area contributed by atoms with E-state index in [9.17, 15) is 9.59 Å². The molecule has 49 heavy (non-hydrogen) atoms. The van der Waals surface area contributed by atoms with Crippen molar-refractivity contribution >= 4 is 28.4 Å². The van der Waals surface area contributed by atoms with Crippen LogP contribution in [0, 0.1) is 0 Å². The normalized spacial score (nSPS) is 11.2. The van der Waals surface area contributed by atoms with Crippen LogP contribution in [0.15, 0.2) is 120 Å². The Balaban J connectivity index is 1.35. The van der Waals surface area contributed by atoms with Gasteiger partial charge in [0.25, 0.3) is 5.56 Å². The third kappa shape index (κ3) is 7.87. The first kappa shape index (κ1) is 33.2. The van der Waals surface area contributed by atoms with Gasteiger partial charge in [-0.25, -0.2) is 9.78 Å². The van der Waals surface area contributed by atoms with Crippen LogP contribution >= 0.6 is 0 Å². The Morgan fingerprint density at radius 3 is 2.24 bits per heavy atom. The maximum atomic E-state index is 14.4. The monoisotopic (exact) mass is 651 g/mol. The average Bonchev–Trinajstić information content (AvgIpc) is 3.11. The lowest BCUT2D eigenvalue weighted by Gasteiger charge is -2.27. The van der Waals surface area contributed by atoms with Gasteiger partial charge in [-0.3, -0.25) is 14.7 Å². The second-order valence-electron chi connectivity index (χ2n) is 12.7. The molecule has 0 fully saturated rings. The van der Waals surface area contributed by atoms with E-state index < -0.39 is 0 Å². The molecule has 0 bridgehead atoms. The molecule has 6 aromatic rings. The van der Waals surface area contributed by atoms with E-state index in [1.165, 1.54) is 0 Å². The number of nitrogens with one attached hydrogen (secondary N) is 2. The fourth-order valence-corrected chi connectivity index (χ4v) is 5.93. The number of rotatable bonds is 11. The van der Waals surface area contributed by atoms with Crippen LogP contribution in [0.25, 0.3) is 22.2 Å². The molecule has 8 nitrogen and oxygen atoms in total. The van der Waals surface area contributed by atoms with Crippen molar-refractivity contribution in [3.63, 3.8) is 0 Å². The highest BCUT2D eigenvalue weighted by molar-refractivity contribution is 6.03. The third-order valence-corrected chi connectivity index (χ3v) is 8.55. The molecule has 248 valence electrons. The van der Waals surface area contributed by atoms with Crippen LogP contribution in [-0.4, -0.2) is 27.5 Å². The number of urea groups is 1. The molecule has 3 aromatic carbocycles.